The second-order valence-electron chi connectivity index (χ2n) is 6.30. The van der Waals surface area contributed by atoms with Crippen molar-refractivity contribution < 1.29 is 31.4 Å². The number of aryl methyl sites for hydroxylation is 1. The number of anilines is 1. The van der Waals surface area contributed by atoms with Crippen LogP contribution < -0.4 is 5.73 Å². The zero-order valence-electron chi connectivity index (χ0n) is 14.4. The Morgan fingerprint density at radius 3 is 2.25 bits per heavy atom. The van der Waals surface area contributed by atoms with Crippen molar-refractivity contribution in [3.8, 4) is 11.3 Å². The largest absolute Gasteiger partial charge is 0.434 e. The molecule has 3 rings (SSSR count). The monoisotopic (exact) mass is 405 g/mol. The molecule has 0 aliphatic carbocycles. The third kappa shape index (κ3) is 3.13. The van der Waals surface area contributed by atoms with E-state index in [4.69, 9.17) is 5.73 Å². The van der Waals surface area contributed by atoms with Gasteiger partial charge in [0.05, 0.1) is 17.6 Å². The topological polar surface area (TPSA) is 89.3 Å². The summed E-state index contributed by atoms with van der Waals surface area (Å²) in [5.41, 5.74) is 0.681. The van der Waals surface area contributed by atoms with Crippen molar-refractivity contribution in [2.75, 3.05) is 5.73 Å². The quantitative estimate of drug-likeness (QED) is 0.638. The molecule has 0 spiro atoms. The van der Waals surface area contributed by atoms with Crippen molar-refractivity contribution in [3.63, 3.8) is 0 Å². The summed E-state index contributed by atoms with van der Waals surface area (Å²) in [5, 5.41) is 9.85. The Morgan fingerprint density at radius 2 is 1.68 bits per heavy atom. The van der Waals surface area contributed by atoms with Crippen LogP contribution in [0.25, 0.3) is 16.9 Å². The van der Waals surface area contributed by atoms with Crippen molar-refractivity contribution in [1.82, 2.24) is 19.4 Å². The number of hydrogen-bond donors (Lipinski definition) is 2. The number of aromatic nitrogens is 4. The Bertz CT molecular complexity index is 1050. The van der Waals surface area contributed by atoms with E-state index in [1.54, 1.807) is 0 Å². The lowest BCUT2D eigenvalue weighted by Gasteiger charge is -2.26. The molecular weight excluding hydrogens is 392 g/mol. The number of aliphatic hydroxyl groups is 1. The minimum atomic E-state index is -5.01. The minimum absolute atomic E-state index is 0.0359. The molecular formula is C16H13F6N5O. The molecule has 3 aromatic rings. The zero-order valence-corrected chi connectivity index (χ0v) is 14.4. The molecule has 6 nitrogen and oxygen atoms in total. The Hall–Kier alpha value is -2.89. The first-order valence-corrected chi connectivity index (χ1v) is 7.71. The Morgan fingerprint density at radius 1 is 1.04 bits per heavy atom. The number of fused-ring (bicyclic) bond motifs is 1. The molecule has 12 heteroatoms. The summed E-state index contributed by atoms with van der Waals surface area (Å²) >= 11 is 0. The van der Waals surface area contributed by atoms with Gasteiger partial charge in [0.25, 0.3) is 0 Å². The van der Waals surface area contributed by atoms with Gasteiger partial charge >= 0.3 is 12.4 Å². The number of imidazole rings is 1. The maximum atomic E-state index is 13.1. The maximum Gasteiger partial charge on any atom is 0.434 e. The van der Waals surface area contributed by atoms with Crippen LogP contribution in [0.15, 0.2) is 24.7 Å². The highest BCUT2D eigenvalue weighted by atomic mass is 19.4. The van der Waals surface area contributed by atoms with Gasteiger partial charge in [-0.15, -0.1) is 0 Å². The fourth-order valence-electron chi connectivity index (χ4n) is 2.56. The average molecular weight is 405 g/mol. The second kappa shape index (κ2) is 6.06. The first kappa shape index (κ1) is 19.9. The maximum absolute atomic E-state index is 13.1. The highest BCUT2D eigenvalue weighted by Crippen LogP contribution is 2.39. The molecule has 0 amide bonds. The SMILES string of the molecule is Cc1cnc(C(C)(O)C(F)(F)F)cc1-c1cnc2c(N)nc(C(F)(F)F)cn12. The number of rotatable bonds is 2. The molecule has 1 unspecified atom stereocenters. The van der Waals surface area contributed by atoms with E-state index in [1.807, 2.05) is 0 Å². The molecule has 0 aliphatic heterocycles. The van der Waals surface area contributed by atoms with Gasteiger partial charge in [-0.25, -0.2) is 9.97 Å². The van der Waals surface area contributed by atoms with Crippen molar-refractivity contribution in [2.24, 2.45) is 0 Å². The third-order valence-electron chi connectivity index (χ3n) is 4.24. The minimum Gasteiger partial charge on any atom is -0.381 e. The van der Waals surface area contributed by atoms with E-state index < -0.39 is 35.2 Å². The molecule has 0 aromatic carbocycles. The van der Waals surface area contributed by atoms with E-state index in [0.717, 1.165) is 22.9 Å². The van der Waals surface area contributed by atoms with Crippen LogP contribution in [-0.2, 0) is 11.8 Å². The van der Waals surface area contributed by atoms with Gasteiger partial charge in [-0.3, -0.25) is 9.38 Å². The van der Waals surface area contributed by atoms with Gasteiger partial charge in [0.15, 0.2) is 22.8 Å². The van der Waals surface area contributed by atoms with Crippen LogP contribution in [0.4, 0.5) is 32.2 Å². The molecule has 3 heterocycles. The third-order valence-corrected chi connectivity index (χ3v) is 4.24. The Labute approximate surface area is 153 Å². The molecule has 1 atom stereocenters. The normalized spacial score (nSPS) is 15.0. The second-order valence-corrected chi connectivity index (χ2v) is 6.30. The summed E-state index contributed by atoms with van der Waals surface area (Å²) in [7, 11) is 0. The van der Waals surface area contributed by atoms with E-state index in [9.17, 15) is 31.4 Å². The molecule has 0 saturated carbocycles. The van der Waals surface area contributed by atoms with Gasteiger partial charge in [0.1, 0.15) is 0 Å². The van der Waals surface area contributed by atoms with E-state index in [-0.39, 0.29) is 16.9 Å². The highest BCUT2D eigenvalue weighted by Gasteiger charge is 2.52. The van der Waals surface area contributed by atoms with Gasteiger partial charge in [0, 0.05) is 18.0 Å². The fraction of sp³-hybridized carbons (Fsp3) is 0.312. The molecule has 0 fully saturated rings. The molecule has 0 radical (unpaired) electrons. The number of pyridine rings is 1. The lowest BCUT2D eigenvalue weighted by Crippen LogP contribution is -2.40. The lowest BCUT2D eigenvalue weighted by molar-refractivity contribution is -0.260. The first-order valence-electron chi connectivity index (χ1n) is 7.71. The van der Waals surface area contributed by atoms with Crippen molar-refractivity contribution in [3.05, 3.63) is 41.6 Å². The van der Waals surface area contributed by atoms with Crippen LogP contribution >= 0.6 is 0 Å². The van der Waals surface area contributed by atoms with E-state index in [1.165, 1.54) is 6.92 Å². The Kier molecular flexibility index (Phi) is 4.30. The fourth-order valence-corrected chi connectivity index (χ4v) is 2.56. The van der Waals surface area contributed by atoms with E-state index in [2.05, 4.69) is 15.0 Å². The summed E-state index contributed by atoms with van der Waals surface area (Å²) in [5.74, 6) is -0.490. The predicted molar refractivity (Wildman–Crippen MR) is 86.0 cm³/mol. The number of hydrogen-bond acceptors (Lipinski definition) is 5. The van der Waals surface area contributed by atoms with Gasteiger partial charge in [-0.1, -0.05) is 0 Å². The summed E-state index contributed by atoms with van der Waals surface area (Å²) < 4.78 is 79.5. The first-order chi connectivity index (χ1) is 12.7. The van der Waals surface area contributed by atoms with Crippen LogP contribution in [0.2, 0.25) is 0 Å². The molecule has 150 valence electrons. The van der Waals surface area contributed by atoms with Gasteiger partial charge in [0.2, 0.25) is 0 Å². The lowest BCUT2D eigenvalue weighted by atomic mass is 9.97. The van der Waals surface area contributed by atoms with Crippen molar-refractivity contribution in [2.45, 2.75) is 31.8 Å². The number of halogens is 6. The smallest absolute Gasteiger partial charge is 0.381 e. The summed E-state index contributed by atoms with van der Waals surface area (Å²) in [6.07, 6.45) is -6.91. The molecule has 3 N–H and O–H groups in total. The van der Waals surface area contributed by atoms with Gasteiger partial charge in [-0.05, 0) is 25.5 Å². The molecule has 0 saturated heterocycles. The van der Waals surface area contributed by atoms with Crippen LogP contribution in [0.5, 0.6) is 0 Å². The van der Waals surface area contributed by atoms with E-state index in [0.29, 0.717) is 18.7 Å². The number of nitrogen functional groups attached to an aromatic ring is 1. The van der Waals surface area contributed by atoms with Gasteiger partial charge in [-0.2, -0.15) is 26.3 Å². The van der Waals surface area contributed by atoms with Crippen molar-refractivity contribution >= 4 is 11.5 Å². The summed E-state index contributed by atoms with van der Waals surface area (Å²) in [6.45, 7) is 2.04. The highest BCUT2D eigenvalue weighted by molar-refractivity contribution is 5.71. The summed E-state index contributed by atoms with van der Waals surface area (Å²) in [6, 6.07) is 0.955. The van der Waals surface area contributed by atoms with Crippen molar-refractivity contribution in [1.29, 1.82) is 0 Å². The van der Waals surface area contributed by atoms with Crippen LogP contribution in [0.1, 0.15) is 23.9 Å². The Balaban J connectivity index is 2.26. The number of alkyl halides is 6. The zero-order chi connectivity index (χ0) is 21.1. The average Bonchev–Trinajstić information content (AvgIpc) is 2.97. The molecule has 28 heavy (non-hydrogen) atoms. The predicted octanol–water partition coefficient (Wildman–Crippen LogP) is 3.47. The molecule has 3 aromatic heterocycles. The molecule has 0 aliphatic rings. The number of nitrogens with two attached hydrogens (primary N) is 1. The standard InChI is InChI=1S/C16H13F6N5O/c1-7-4-24-10(14(2,28)16(20,21)22)3-8(7)9-5-25-13-12(23)26-11(6-27(9)13)15(17,18)19/h3-6,28H,1-2H3,(H2,23,26). The van der Waals surface area contributed by atoms with Gasteiger partial charge < -0.3 is 10.8 Å². The van der Waals surface area contributed by atoms with E-state index >= 15 is 0 Å². The van der Waals surface area contributed by atoms with Crippen LogP contribution in [-0.4, -0.2) is 30.6 Å². The van der Waals surface area contributed by atoms with Crippen LogP contribution in [0, 0.1) is 6.92 Å². The number of nitrogens with zero attached hydrogens (tertiary/aromatic N) is 4. The summed E-state index contributed by atoms with van der Waals surface area (Å²) in [4.78, 5) is 10.8. The molecule has 0 bridgehead atoms. The van der Waals surface area contributed by atoms with Crippen LogP contribution in [0.3, 0.4) is 0 Å².